The maximum absolute atomic E-state index is 12.3. The van der Waals surface area contributed by atoms with Gasteiger partial charge in [-0.15, -0.1) is 10.2 Å². The second-order valence-corrected chi connectivity index (χ2v) is 6.10. The zero-order valence-electron chi connectivity index (χ0n) is 11.7. The number of hydrogen-bond donors (Lipinski definition) is 0. The number of anilines is 1. The third-order valence-corrected chi connectivity index (χ3v) is 2.87. The molecule has 2 aromatic heterocycles. The summed E-state index contributed by atoms with van der Waals surface area (Å²) in [6.45, 7) is 6.05. The van der Waals surface area contributed by atoms with Crippen molar-refractivity contribution in [2.45, 2.75) is 26.4 Å². The van der Waals surface area contributed by atoms with Crippen molar-refractivity contribution in [3.8, 4) is 0 Å². The second-order valence-electron chi connectivity index (χ2n) is 5.30. The van der Waals surface area contributed by atoms with Crippen LogP contribution in [0.5, 0.6) is 0 Å². The molecule has 108 valence electrons. The van der Waals surface area contributed by atoms with Crippen LogP contribution in [0.1, 0.15) is 20.8 Å². The first kappa shape index (κ1) is 14.8. The number of hydrogen-bond acceptors (Lipinski definition) is 4. The summed E-state index contributed by atoms with van der Waals surface area (Å²) >= 11 is 3.35. The lowest BCUT2D eigenvalue weighted by Gasteiger charge is -2.27. The number of amides is 1. The minimum absolute atomic E-state index is 0.374. The number of pyridine rings is 1. The van der Waals surface area contributed by atoms with Gasteiger partial charge < -0.3 is 4.74 Å². The van der Waals surface area contributed by atoms with Crippen LogP contribution in [0.4, 0.5) is 10.5 Å². The zero-order valence-corrected chi connectivity index (χ0v) is 13.3. The first-order valence-corrected chi connectivity index (χ1v) is 7.39. The van der Waals surface area contributed by atoms with Gasteiger partial charge in [0.2, 0.25) is 0 Å². The van der Waals surface area contributed by atoms with E-state index in [0.29, 0.717) is 17.5 Å². The average molecular weight is 341 g/mol. The quantitative estimate of drug-likeness (QED) is 0.806. The molecule has 0 atom stereocenters. The van der Waals surface area contributed by atoms with Crippen LogP contribution in [-0.4, -0.2) is 38.2 Å². The van der Waals surface area contributed by atoms with Crippen LogP contribution in [0.25, 0.3) is 5.65 Å². The molecule has 20 heavy (non-hydrogen) atoms. The molecule has 2 rings (SSSR count). The summed E-state index contributed by atoms with van der Waals surface area (Å²) in [6.07, 6.45) is 3.05. The van der Waals surface area contributed by atoms with Crippen molar-refractivity contribution in [1.29, 1.82) is 0 Å². The Balaban J connectivity index is 2.29. The van der Waals surface area contributed by atoms with Crippen LogP contribution >= 0.6 is 15.9 Å². The fourth-order valence-electron chi connectivity index (χ4n) is 1.70. The Morgan fingerprint density at radius 3 is 2.90 bits per heavy atom. The Hall–Kier alpha value is -1.63. The zero-order chi connectivity index (χ0) is 14.8. The highest BCUT2D eigenvalue weighted by Gasteiger charge is 2.23. The van der Waals surface area contributed by atoms with Crippen LogP contribution in [0.15, 0.2) is 24.7 Å². The van der Waals surface area contributed by atoms with E-state index >= 15 is 0 Å². The van der Waals surface area contributed by atoms with Gasteiger partial charge in [-0.25, -0.2) is 4.79 Å². The highest BCUT2D eigenvalue weighted by atomic mass is 79.9. The molecule has 7 heteroatoms. The molecule has 0 spiro atoms. The maximum Gasteiger partial charge on any atom is 0.414 e. The fourth-order valence-corrected chi connectivity index (χ4v) is 2.06. The van der Waals surface area contributed by atoms with Crippen LogP contribution in [0, 0.1) is 0 Å². The Kier molecular flexibility index (Phi) is 4.27. The third-order valence-electron chi connectivity index (χ3n) is 2.52. The van der Waals surface area contributed by atoms with Crippen LogP contribution in [0.2, 0.25) is 0 Å². The van der Waals surface area contributed by atoms with Gasteiger partial charge in [0.25, 0.3) is 0 Å². The summed E-state index contributed by atoms with van der Waals surface area (Å²) in [5.41, 5.74) is 0.894. The molecule has 0 aliphatic rings. The summed E-state index contributed by atoms with van der Waals surface area (Å²) in [5, 5.41) is 8.46. The molecule has 0 saturated heterocycles. The molecular formula is C13H17BrN4O2. The van der Waals surface area contributed by atoms with Gasteiger partial charge in [0.05, 0.1) is 5.69 Å². The molecule has 2 aromatic rings. The Labute approximate surface area is 125 Å². The number of fused-ring (bicyclic) bond motifs is 1. The van der Waals surface area contributed by atoms with E-state index in [0.717, 1.165) is 5.69 Å². The first-order valence-electron chi connectivity index (χ1n) is 6.26. The molecule has 0 N–H and O–H groups in total. The van der Waals surface area contributed by atoms with Gasteiger partial charge in [0.1, 0.15) is 11.9 Å². The normalized spacial score (nSPS) is 11.6. The fraction of sp³-hybridized carbons (Fsp3) is 0.462. The number of halogens is 1. The largest absolute Gasteiger partial charge is 0.443 e. The third kappa shape index (κ3) is 3.47. The number of ether oxygens (including phenoxy) is 1. The Bertz CT molecular complexity index is 606. The molecular weight excluding hydrogens is 324 g/mol. The van der Waals surface area contributed by atoms with Gasteiger partial charge in [0, 0.05) is 24.1 Å². The molecule has 0 aliphatic heterocycles. The minimum Gasteiger partial charge on any atom is -0.443 e. The molecule has 0 radical (unpaired) electrons. The standard InChI is InChI=1S/C13H17BrN4O2/c1-13(2,3)20-12(19)18(7-5-14)10-4-6-17-9-15-16-11(17)8-10/h4,6,8-9H,5,7H2,1-3H3. The average Bonchev–Trinajstić information content (AvgIpc) is 2.80. The van der Waals surface area contributed by atoms with E-state index in [1.807, 2.05) is 33.0 Å². The Morgan fingerprint density at radius 2 is 2.25 bits per heavy atom. The first-order chi connectivity index (χ1) is 9.40. The monoisotopic (exact) mass is 340 g/mol. The second kappa shape index (κ2) is 5.78. The van der Waals surface area contributed by atoms with E-state index in [1.54, 1.807) is 21.7 Å². The number of alkyl halides is 1. The summed E-state index contributed by atoms with van der Waals surface area (Å²) in [6, 6.07) is 3.64. The number of carbonyl (C=O) groups excluding carboxylic acids is 1. The van der Waals surface area contributed by atoms with Crippen molar-refractivity contribution >= 4 is 33.4 Å². The minimum atomic E-state index is -0.527. The molecule has 1 amide bonds. The highest BCUT2D eigenvalue weighted by Crippen LogP contribution is 2.19. The summed E-state index contributed by atoms with van der Waals surface area (Å²) < 4.78 is 7.21. The van der Waals surface area contributed by atoms with Crippen molar-refractivity contribution in [3.63, 3.8) is 0 Å². The van der Waals surface area contributed by atoms with E-state index in [1.165, 1.54) is 0 Å². The van der Waals surface area contributed by atoms with E-state index in [9.17, 15) is 4.79 Å². The number of rotatable bonds is 3. The maximum atomic E-state index is 12.3. The van der Waals surface area contributed by atoms with E-state index in [-0.39, 0.29) is 6.09 Å². The van der Waals surface area contributed by atoms with Crippen LogP contribution in [-0.2, 0) is 4.74 Å². The molecule has 0 aromatic carbocycles. The lowest BCUT2D eigenvalue weighted by atomic mass is 10.2. The van der Waals surface area contributed by atoms with E-state index in [4.69, 9.17) is 4.74 Å². The molecule has 6 nitrogen and oxygen atoms in total. The summed E-state index contributed by atoms with van der Waals surface area (Å²) in [7, 11) is 0. The van der Waals surface area contributed by atoms with Crippen molar-refractivity contribution in [2.24, 2.45) is 0 Å². The number of aromatic nitrogens is 3. The predicted octanol–water partition coefficient (Wildman–Crippen LogP) is 2.87. The van der Waals surface area contributed by atoms with Gasteiger partial charge in [-0.1, -0.05) is 15.9 Å². The van der Waals surface area contributed by atoms with E-state index < -0.39 is 5.60 Å². The molecule has 0 aliphatic carbocycles. The van der Waals surface area contributed by atoms with Gasteiger partial charge in [-0.3, -0.25) is 9.30 Å². The summed E-state index contributed by atoms with van der Waals surface area (Å²) in [5.74, 6) is 0. The topological polar surface area (TPSA) is 59.7 Å². The van der Waals surface area contributed by atoms with E-state index in [2.05, 4.69) is 26.1 Å². The smallest absolute Gasteiger partial charge is 0.414 e. The number of carbonyl (C=O) groups is 1. The van der Waals surface area contributed by atoms with Gasteiger partial charge in [-0.2, -0.15) is 0 Å². The molecule has 0 saturated carbocycles. The van der Waals surface area contributed by atoms with Gasteiger partial charge in [-0.05, 0) is 26.8 Å². The lowest BCUT2D eigenvalue weighted by Crippen LogP contribution is -2.38. The molecule has 0 unspecified atom stereocenters. The molecule has 0 fully saturated rings. The summed E-state index contributed by atoms with van der Waals surface area (Å²) in [4.78, 5) is 13.8. The predicted molar refractivity (Wildman–Crippen MR) is 80.4 cm³/mol. The van der Waals surface area contributed by atoms with Crippen molar-refractivity contribution in [2.75, 3.05) is 16.8 Å². The molecule has 2 heterocycles. The lowest BCUT2D eigenvalue weighted by molar-refractivity contribution is 0.0583. The highest BCUT2D eigenvalue weighted by molar-refractivity contribution is 9.09. The number of nitrogens with zero attached hydrogens (tertiary/aromatic N) is 4. The SMILES string of the molecule is CC(C)(C)OC(=O)N(CCBr)c1ccn2cnnc2c1. The van der Waals surface area contributed by atoms with Crippen LogP contribution < -0.4 is 4.90 Å². The van der Waals surface area contributed by atoms with Gasteiger partial charge >= 0.3 is 6.09 Å². The van der Waals surface area contributed by atoms with Crippen molar-refractivity contribution in [1.82, 2.24) is 14.6 Å². The van der Waals surface area contributed by atoms with Crippen LogP contribution in [0.3, 0.4) is 0 Å². The van der Waals surface area contributed by atoms with Gasteiger partial charge in [0.15, 0.2) is 5.65 Å². The van der Waals surface area contributed by atoms with Crippen molar-refractivity contribution in [3.05, 3.63) is 24.7 Å². The molecule has 0 bridgehead atoms. The van der Waals surface area contributed by atoms with Crippen molar-refractivity contribution < 1.29 is 9.53 Å². The Morgan fingerprint density at radius 1 is 1.50 bits per heavy atom.